The number of likely N-dealkylation sites (tertiary alicyclic amines) is 1. The van der Waals surface area contributed by atoms with Crippen LogP contribution in [0, 0.1) is 12.8 Å². The van der Waals surface area contributed by atoms with Gasteiger partial charge in [0.15, 0.2) is 5.69 Å². The van der Waals surface area contributed by atoms with Crippen LogP contribution in [-0.4, -0.2) is 34.9 Å². The van der Waals surface area contributed by atoms with E-state index in [4.69, 9.17) is 4.74 Å². The number of aromatic nitrogens is 1. The van der Waals surface area contributed by atoms with Crippen molar-refractivity contribution < 1.29 is 14.3 Å². The van der Waals surface area contributed by atoms with E-state index in [0.29, 0.717) is 25.2 Å². The van der Waals surface area contributed by atoms with Gasteiger partial charge in [0, 0.05) is 30.8 Å². The lowest BCUT2D eigenvalue weighted by Crippen LogP contribution is -2.25. The van der Waals surface area contributed by atoms with Gasteiger partial charge in [-0.2, -0.15) is 0 Å². The van der Waals surface area contributed by atoms with Crippen molar-refractivity contribution in [1.82, 2.24) is 9.88 Å². The van der Waals surface area contributed by atoms with Crippen LogP contribution < -0.4 is 0 Å². The molecule has 3 rings (SSSR count). The van der Waals surface area contributed by atoms with E-state index in [-0.39, 0.29) is 18.4 Å². The number of hydrogen-bond donors (Lipinski definition) is 0. The summed E-state index contributed by atoms with van der Waals surface area (Å²) in [5.41, 5.74) is 1.45. The van der Waals surface area contributed by atoms with E-state index < -0.39 is 5.97 Å². The molecule has 2 aromatic rings. The van der Waals surface area contributed by atoms with Crippen LogP contribution in [0.5, 0.6) is 0 Å². The van der Waals surface area contributed by atoms with Gasteiger partial charge in [-0.05, 0) is 12.5 Å². The minimum atomic E-state index is -0.414. The Labute approximate surface area is 138 Å². The summed E-state index contributed by atoms with van der Waals surface area (Å²) in [6.45, 7) is 3.33. The van der Waals surface area contributed by atoms with Gasteiger partial charge in [-0.15, -0.1) is 11.3 Å². The summed E-state index contributed by atoms with van der Waals surface area (Å²) in [5, 5.41) is 2.53. The smallest absolute Gasteiger partial charge is 0.357 e. The molecule has 0 spiro atoms. The molecule has 5 nitrogen and oxygen atoms in total. The number of ether oxygens (including phenoxy) is 1. The maximum atomic E-state index is 12.1. The number of aryl methyl sites for hydroxylation is 1. The van der Waals surface area contributed by atoms with Gasteiger partial charge < -0.3 is 9.64 Å². The highest BCUT2D eigenvalue weighted by atomic mass is 32.1. The Kier molecular flexibility index (Phi) is 4.71. The van der Waals surface area contributed by atoms with Crippen LogP contribution in [0.3, 0.4) is 0 Å². The van der Waals surface area contributed by atoms with Crippen molar-refractivity contribution in [1.29, 1.82) is 0 Å². The summed E-state index contributed by atoms with van der Waals surface area (Å²) in [6, 6.07) is 9.89. The van der Waals surface area contributed by atoms with Crippen molar-refractivity contribution in [2.75, 3.05) is 13.2 Å². The number of benzene rings is 1. The zero-order valence-electron chi connectivity index (χ0n) is 12.9. The number of nitrogens with zero attached hydrogens (tertiary/aromatic N) is 2. The first-order chi connectivity index (χ1) is 11.1. The molecule has 1 aliphatic heterocycles. The summed E-state index contributed by atoms with van der Waals surface area (Å²) < 4.78 is 5.30. The molecule has 1 aromatic carbocycles. The maximum absolute atomic E-state index is 12.1. The second kappa shape index (κ2) is 6.91. The summed E-state index contributed by atoms with van der Waals surface area (Å²) in [6.07, 6.45) is 0.427. The van der Waals surface area contributed by atoms with E-state index in [2.05, 4.69) is 4.98 Å². The lowest BCUT2D eigenvalue weighted by atomic mass is 10.1. The summed E-state index contributed by atoms with van der Waals surface area (Å²) in [7, 11) is 0. The molecule has 1 aliphatic rings. The van der Waals surface area contributed by atoms with Gasteiger partial charge in [0.25, 0.3) is 0 Å². The van der Waals surface area contributed by atoms with E-state index in [1.54, 1.807) is 5.38 Å². The number of thiazole rings is 1. The van der Waals surface area contributed by atoms with Crippen LogP contribution in [0.15, 0.2) is 35.7 Å². The van der Waals surface area contributed by atoms with Crippen LogP contribution in [0.25, 0.3) is 0 Å². The molecule has 6 heteroatoms. The van der Waals surface area contributed by atoms with E-state index in [0.717, 1.165) is 10.6 Å². The topological polar surface area (TPSA) is 59.5 Å². The molecule has 2 heterocycles. The summed E-state index contributed by atoms with van der Waals surface area (Å²) >= 11 is 1.42. The molecule has 0 saturated carbocycles. The predicted octanol–water partition coefficient (Wildman–Crippen LogP) is 2.66. The molecule has 1 aromatic heterocycles. The normalized spacial score (nSPS) is 17.5. The van der Waals surface area contributed by atoms with Crippen molar-refractivity contribution in [2.24, 2.45) is 5.92 Å². The number of carbonyl (C=O) groups excluding carboxylic acids is 2. The van der Waals surface area contributed by atoms with Gasteiger partial charge in [0.1, 0.15) is 0 Å². The Morgan fingerprint density at radius 2 is 2.17 bits per heavy atom. The third kappa shape index (κ3) is 3.96. The minimum absolute atomic E-state index is 0.0508. The SMILES string of the molecule is Cc1nc(C(=O)OC[C@@H]2CC(=O)N(Cc3ccccc3)C2)cs1. The molecule has 0 radical (unpaired) electrons. The van der Waals surface area contributed by atoms with Crippen LogP contribution in [-0.2, 0) is 16.1 Å². The van der Waals surface area contributed by atoms with Crippen molar-refractivity contribution in [2.45, 2.75) is 19.9 Å². The average molecular weight is 330 g/mol. The maximum Gasteiger partial charge on any atom is 0.357 e. The number of amides is 1. The first-order valence-electron chi connectivity index (χ1n) is 7.53. The minimum Gasteiger partial charge on any atom is -0.461 e. The van der Waals surface area contributed by atoms with Crippen molar-refractivity contribution in [3.8, 4) is 0 Å². The highest BCUT2D eigenvalue weighted by Crippen LogP contribution is 2.21. The molecule has 0 N–H and O–H groups in total. The van der Waals surface area contributed by atoms with Gasteiger partial charge in [0.05, 0.1) is 11.6 Å². The second-order valence-electron chi connectivity index (χ2n) is 5.68. The van der Waals surface area contributed by atoms with Crippen molar-refractivity contribution in [3.05, 3.63) is 52.0 Å². The summed E-state index contributed by atoms with van der Waals surface area (Å²) in [5.74, 6) is -0.252. The Bertz CT molecular complexity index is 699. The molecule has 1 atom stereocenters. The fourth-order valence-corrected chi connectivity index (χ4v) is 3.23. The zero-order chi connectivity index (χ0) is 16.2. The van der Waals surface area contributed by atoms with Gasteiger partial charge >= 0.3 is 5.97 Å². The van der Waals surface area contributed by atoms with E-state index in [9.17, 15) is 9.59 Å². The Morgan fingerprint density at radius 1 is 1.39 bits per heavy atom. The molecule has 0 unspecified atom stereocenters. The zero-order valence-corrected chi connectivity index (χ0v) is 13.7. The third-order valence-corrected chi connectivity index (χ3v) is 4.56. The number of rotatable bonds is 5. The first-order valence-corrected chi connectivity index (χ1v) is 8.41. The van der Waals surface area contributed by atoms with Crippen LogP contribution in [0.1, 0.15) is 27.5 Å². The van der Waals surface area contributed by atoms with E-state index in [1.807, 2.05) is 42.2 Å². The first kappa shape index (κ1) is 15.7. The fourth-order valence-electron chi connectivity index (χ4n) is 2.65. The second-order valence-corrected chi connectivity index (χ2v) is 6.74. The molecule has 0 bridgehead atoms. The van der Waals surface area contributed by atoms with Crippen LogP contribution >= 0.6 is 11.3 Å². The van der Waals surface area contributed by atoms with Crippen molar-refractivity contribution in [3.63, 3.8) is 0 Å². The van der Waals surface area contributed by atoms with Gasteiger partial charge in [-0.3, -0.25) is 4.79 Å². The van der Waals surface area contributed by atoms with Gasteiger partial charge in [-0.1, -0.05) is 30.3 Å². The lowest BCUT2D eigenvalue weighted by molar-refractivity contribution is -0.128. The molecule has 0 aliphatic carbocycles. The summed E-state index contributed by atoms with van der Waals surface area (Å²) in [4.78, 5) is 29.9. The van der Waals surface area contributed by atoms with E-state index in [1.165, 1.54) is 11.3 Å². The molecule has 23 heavy (non-hydrogen) atoms. The molecule has 120 valence electrons. The quantitative estimate of drug-likeness (QED) is 0.791. The fraction of sp³-hybridized carbons (Fsp3) is 0.353. The number of carbonyl (C=O) groups is 2. The molecule has 1 saturated heterocycles. The highest BCUT2D eigenvalue weighted by Gasteiger charge is 2.30. The van der Waals surface area contributed by atoms with Crippen LogP contribution in [0.2, 0.25) is 0 Å². The Balaban J connectivity index is 1.50. The Morgan fingerprint density at radius 3 is 2.87 bits per heavy atom. The number of esters is 1. The average Bonchev–Trinajstić information content (AvgIpc) is 3.13. The van der Waals surface area contributed by atoms with Crippen LogP contribution in [0.4, 0.5) is 0 Å². The van der Waals surface area contributed by atoms with Gasteiger partial charge in [0.2, 0.25) is 5.91 Å². The monoisotopic (exact) mass is 330 g/mol. The Hall–Kier alpha value is -2.21. The molecular formula is C17H18N2O3S. The molecular weight excluding hydrogens is 312 g/mol. The van der Waals surface area contributed by atoms with Gasteiger partial charge in [-0.25, -0.2) is 9.78 Å². The molecule has 1 amide bonds. The largest absolute Gasteiger partial charge is 0.461 e. The standard InChI is InChI=1S/C17H18N2O3S/c1-12-18-15(11-23-12)17(21)22-10-14-7-16(20)19(9-14)8-13-5-3-2-4-6-13/h2-6,11,14H,7-10H2,1H3/t14-/m1/s1. The lowest BCUT2D eigenvalue weighted by Gasteiger charge is -2.16. The highest BCUT2D eigenvalue weighted by molar-refractivity contribution is 7.09. The van der Waals surface area contributed by atoms with Crippen molar-refractivity contribution >= 4 is 23.2 Å². The third-order valence-electron chi connectivity index (χ3n) is 3.79. The van der Waals surface area contributed by atoms with E-state index >= 15 is 0 Å². The molecule has 1 fully saturated rings. The predicted molar refractivity (Wildman–Crippen MR) is 87.1 cm³/mol. The number of hydrogen-bond acceptors (Lipinski definition) is 5.